The number of methoxy groups -OCH3 is 1. The van der Waals surface area contributed by atoms with Gasteiger partial charge in [-0.1, -0.05) is 6.07 Å². The summed E-state index contributed by atoms with van der Waals surface area (Å²) >= 11 is 0. The Morgan fingerprint density at radius 3 is 2.48 bits per heavy atom. The number of rotatable bonds is 8. The van der Waals surface area contributed by atoms with Crippen LogP contribution in [0.3, 0.4) is 0 Å². The minimum Gasteiger partial charge on any atom is -0.493 e. The van der Waals surface area contributed by atoms with Crippen LogP contribution in [-0.4, -0.2) is 38.0 Å². The largest absolute Gasteiger partial charge is 0.493 e. The van der Waals surface area contributed by atoms with Crippen molar-refractivity contribution < 1.29 is 28.2 Å². The molecule has 7 nitrogen and oxygen atoms in total. The van der Waals surface area contributed by atoms with Crippen LogP contribution in [0.2, 0.25) is 0 Å². The van der Waals surface area contributed by atoms with Crippen molar-refractivity contribution in [3.8, 4) is 5.75 Å². The zero-order valence-corrected chi connectivity index (χ0v) is 14.7. The first-order valence-corrected chi connectivity index (χ1v) is 8.11. The number of ether oxygens (including phenoxy) is 2. The molecule has 0 aliphatic heterocycles. The third-order valence-corrected chi connectivity index (χ3v) is 3.45. The lowest BCUT2D eigenvalue weighted by Gasteiger charge is -2.08. The molecule has 142 valence electrons. The molecule has 0 bridgehead atoms. The van der Waals surface area contributed by atoms with Crippen molar-refractivity contribution in [1.82, 2.24) is 5.32 Å². The van der Waals surface area contributed by atoms with Crippen molar-refractivity contribution in [2.24, 2.45) is 0 Å². The Labute approximate surface area is 155 Å². The van der Waals surface area contributed by atoms with Crippen LogP contribution >= 0.6 is 0 Å². The van der Waals surface area contributed by atoms with Gasteiger partial charge in [-0.3, -0.25) is 14.4 Å². The van der Waals surface area contributed by atoms with E-state index in [4.69, 9.17) is 4.74 Å². The summed E-state index contributed by atoms with van der Waals surface area (Å²) in [7, 11) is 1.23. The first kappa shape index (κ1) is 19.9. The number of nitrogens with one attached hydrogen (secondary N) is 2. The summed E-state index contributed by atoms with van der Waals surface area (Å²) in [5.74, 6) is -1.32. The molecule has 0 saturated carbocycles. The molecule has 2 rings (SSSR count). The quantitative estimate of drug-likeness (QED) is 0.691. The Hall–Kier alpha value is -3.42. The Morgan fingerprint density at radius 2 is 1.81 bits per heavy atom. The minimum absolute atomic E-state index is 0.0812. The molecule has 27 heavy (non-hydrogen) atoms. The third kappa shape index (κ3) is 6.77. The predicted molar refractivity (Wildman–Crippen MR) is 95.9 cm³/mol. The van der Waals surface area contributed by atoms with Gasteiger partial charge in [-0.25, -0.2) is 4.39 Å². The number of carbonyl (C=O) groups is 3. The van der Waals surface area contributed by atoms with Crippen LogP contribution in [0.4, 0.5) is 10.1 Å². The number of carbonyl (C=O) groups excluding carboxylic acids is 3. The number of esters is 1. The average Bonchev–Trinajstić information content (AvgIpc) is 2.66. The Balaban J connectivity index is 1.77. The van der Waals surface area contributed by atoms with Crippen molar-refractivity contribution >= 4 is 23.5 Å². The second kappa shape index (κ2) is 9.91. The molecule has 0 unspecified atom stereocenters. The molecule has 2 aromatic rings. The van der Waals surface area contributed by atoms with Crippen LogP contribution in [0.1, 0.15) is 16.8 Å². The van der Waals surface area contributed by atoms with E-state index in [1.807, 2.05) is 0 Å². The molecule has 2 N–H and O–H groups in total. The molecule has 8 heteroatoms. The average molecular weight is 374 g/mol. The maximum atomic E-state index is 13.0. The maximum Gasteiger partial charge on any atom is 0.325 e. The van der Waals surface area contributed by atoms with Crippen LogP contribution in [0, 0.1) is 5.82 Å². The highest BCUT2D eigenvalue weighted by Gasteiger charge is 2.09. The van der Waals surface area contributed by atoms with Gasteiger partial charge in [-0.2, -0.15) is 0 Å². The second-order valence-electron chi connectivity index (χ2n) is 5.44. The monoisotopic (exact) mass is 374 g/mol. The van der Waals surface area contributed by atoms with Gasteiger partial charge < -0.3 is 20.1 Å². The van der Waals surface area contributed by atoms with Crippen LogP contribution in [0.25, 0.3) is 0 Å². The Kier molecular flexibility index (Phi) is 7.30. The molecule has 0 atom stereocenters. The number of benzene rings is 2. The van der Waals surface area contributed by atoms with Gasteiger partial charge in [0.15, 0.2) is 0 Å². The summed E-state index contributed by atoms with van der Waals surface area (Å²) < 4.78 is 22.8. The lowest BCUT2D eigenvalue weighted by Crippen LogP contribution is -2.30. The summed E-state index contributed by atoms with van der Waals surface area (Å²) in [4.78, 5) is 34.8. The molecule has 0 aromatic heterocycles. The predicted octanol–water partition coefficient (Wildman–Crippen LogP) is 2.14. The van der Waals surface area contributed by atoms with Crippen LogP contribution in [0.15, 0.2) is 48.5 Å². The zero-order chi connectivity index (χ0) is 19.6. The van der Waals surface area contributed by atoms with Crippen molar-refractivity contribution in [3.63, 3.8) is 0 Å². The number of hydrogen-bond acceptors (Lipinski definition) is 5. The summed E-state index contributed by atoms with van der Waals surface area (Å²) in [6.07, 6.45) is 0.0812. The van der Waals surface area contributed by atoms with Gasteiger partial charge in [0.25, 0.3) is 5.91 Å². The van der Waals surface area contributed by atoms with Gasteiger partial charge in [-0.15, -0.1) is 0 Å². The van der Waals surface area contributed by atoms with Crippen molar-refractivity contribution in [2.45, 2.75) is 6.42 Å². The fourth-order valence-corrected chi connectivity index (χ4v) is 2.07. The molecule has 2 amide bonds. The van der Waals surface area contributed by atoms with E-state index >= 15 is 0 Å². The summed E-state index contributed by atoms with van der Waals surface area (Å²) in [5.41, 5.74) is 0.849. The maximum absolute atomic E-state index is 13.0. The SMILES string of the molecule is COC(=O)CNC(=O)c1ccc(NC(=O)CCOc2cccc(F)c2)cc1. The molecule has 0 spiro atoms. The van der Waals surface area contributed by atoms with Gasteiger partial charge in [0.2, 0.25) is 5.91 Å². The molecule has 0 fully saturated rings. The molecule has 0 saturated heterocycles. The van der Waals surface area contributed by atoms with E-state index in [9.17, 15) is 18.8 Å². The van der Waals surface area contributed by atoms with Gasteiger partial charge in [0.05, 0.1) is 20.1 Å². The molecule has 0 radical (unpaired) electrons. The molecular formula is C19H19FN2O5. The van der Waals surface area contributed by atoms with Crippen LogP contribution in [-0.2, 0) is 14.3 Å². The number of amides is 2. The van der Waals surface area contributed by atoms with E-state index in [2.05, 4.69) is 15.4 Å². The molecule has 0 heterocycles. The lowest BCUT2D eigenvalue weighted by molar-refractivity contribution is -0.139. The Bertz CT molecular complexity index is 808. The van der Waals surface area contributed by atoms with Gasteiger partial charge in [0.1, 0.15) is 18.1 Å². The fourth-order valence-electron chi connectivity index (χ4n) is 2.07. The molecule has 2 aromatic carbocycles. The molecule has 0 aliphatic carbocycles. The highest BCUT2D eigenvalue weighted by Crippen LogP contribution is 2.13. The number of halogens is 1. The number of hydrogen-bond donors (Lipinski definition) is 2. The van der Waals surface area contributed by atoms with E-state index in [0.29, 0.717) is 17.0 Å². The fraction of sp³-hybridized carbons (Fsp3) is 0.211. The minimum atomic E-state index is -0.548. The highest BCUT2D eigenvalue weighted by molar-refractivity contribution is 5.97. The topological polar surface area (TPSA) is 93.7 Å². The highest BCUT2D eigenvalue weighted by atomic mass is 19.1. The van der Waals surface area contributed by atoms with Gasteiger partial charge in [0, 0.05) is 17.3 Å². The van der Waals surface area contributed by atoms with Crippen LogP contribution in [0.5, 0.6) is 5.75 Å². The first-order valence-electron chi connectivity index (χ1n) is 8.11. The molecular weight excluding hydrogens is 355 g/mol. The van der Waals surface area contributed by atoms with E-state index in [1.54, 1.807) is 18.2 Å². The summed E-state index contributed by atoms with van der Waals surface area (Å²) in [6, 6.07) is 11.8. The Morgan fingerprint density at radius 1 is 1.07 bits per heavy atom. The van der Waals surface area contributed by atoms with Gasteiger partial charge in [-0.05, 0) is 36.4 Å². The zero-order valence-electron chi connectivity index (χ0n) is 14.7. The normalized spacial score (nSPS) is 10.0. The second-order valence-corrected chi connectivity index (χ2v) is 5.44. The van der Waals surface area contributed by atoms with E-state index in [-0.39, 0.29) is 25.5 Å². The third-order valence-electron chi connectivity index (χ3n) is 3.45. The van der Waals surface area contributed by atoms with Crippen molar-refractivity contribution in [3.05, 3.63) is 59.9 Å². The van der Waals surface area contributed by atoms with Crippen molar-refractivity contribution in [2.75, 3.05) is 25.6 Å². The van der Waals surface area contributed by atoms with E-state index in [1.165, 1.54) is 37.4 Å². The standard InChI is InChI=1S/C19H19FN2O5/c1-26-18(24)12-21-19(25)13-5-7-15(8-6-13)22-17(23)9-10-27-16-4-2-3-14(20)11-16/h2-8,11H,9-10,12H2,1H3,(H,21,25)(H,22,23). The first-order chi connectivity index (χ1) is 13.0. The van der Waals surface area contributed by atoms with Crippen LogP contribution < -0.4 is 15.4 Å². The van der Waals surface area contributed by atoms with E-state index in [0.717, 1.165) is 0 Å². The van der Waals surface area contributed by atoms with Gasteiger partial charge >= 0.3 is 5.97 Å². The number of anilines is 1. The van der Waals surface area contributed by atoms with E-state index < -0.39 is 17.7 Å². The lowest BCUT2D eigenvalue weighted by atomic mass is 10.2. The summed E-state index contributed by atoms with van der Waals surface area (Å²) in [6.45, 7) is -0.123. The summed E-state index contributed by atoms with van der Waals surface area (Å²) in [5, 5.41) is 5.08. The molecule has 0 aliphatic rings. The smallest absolute Gasteiger partial charge is 0.325 e. The van der Waals surface area contributed by atoms with Crippen molar-refractivity contribution in [1.29, 1.82) is 0 Å².